The zero-order valence-electron chi connectivity index (χ0n) is 16.9. The summed E-state index contributed by atoms with van der Waals surface area (Å²) < 4.78 is 19.5. The Bertz CT molecular complexity index is 901. The number of thiazole rings is 1. The third-order valence-corrected chi connectivity index (χ3v) is 6.10. The van der Waals surface area contributed by atoms with Crippen LogP contribution in [0.5, 0.6) is 5.75 Å². The molecule has 0 bridgehead atoms. The van der Waals surface area contributed by atoms with Crippen molar-refractivity contribution in [1.82, 2.24) is 15.6 Å². The molecular formula is C21H26FN3O3S. The van der Waals surface area contributed by atoms with Crippen LogP contribution in [0.15, 0.2) is 23.6 Å². The number of hydrogen-bond donors (Lipinski definition) is 2. The summed E-state index contributed by atoms with van der Waals surface area (Å²) in [5.74, 6) is 0.0316. The minimum atomic E-state index is -0.637. The lowest BCUT2D eigenvalue weighted by Gasteiger charge is -2.30. The Morgan fingerprint density at radius 1 is 1.48 bits per heavy atom. The van der Waals surface area contributed by atoms with E-state index in [0.29, 0.717) is 37.0 Å². The first-order chi connectivity index (χ1) is 13.8. The number of nitrogens with zero attached hydrogens (tertiary/aromatic N) is 1. The van der Waals surface area contributed by atoms with Gasteiger partial charge in [-0.2, -0.15) is 0 Å². The quantitative estimate of drug-likeness (QED) is 0.687. The highest BCUT2D eigenvalue weighted by atomic mass is 32.1. The predicted octanol–water partition coefficient (Wildman–Crippen LogP) is 3.45. The van der Waals surface area contributed by atoms with Gasteiger partial charge in [0, 0.05) is 23.8 Å². The molecule has 2 atom stereocenters. The zero-order valence-corrected chi connectivity index (χ0v) is 17.7. The van der Waals surface area contributed by atoms with E-state index in [0.717, 1.165) is 10.7 Å². The smallest absolute Gasteiger partial charge is 0.220 e. The second kappa shape index (κ2) is 8.90. The molecule has 6 nitrogen and oxygen atoms in total. The molecule has 2 N–H and O–H groups in total. The predicted molar refractivity (Wildman–Crippen MR) is 109 cm³/mol. The van der Waals surface area contributed by atoms with E-state index < -0.39 is 5.54 Å². The molecule has 2 aromatic rings. The second-order valence-electron chi connectivity index (χ2n) is 7.54. The van der Waals surface area contributed by atoms with Crippen LogP contribution >= 0.6 is 11.3 Å². The Morgan fingerprint density at radius 2 is 2.28 bits per heavy atom. The molecule has 156 valence electrons. The van der Waals surface area contributed by atoms with E-state index in [1.54, 1.807) is 23.5 Å². The van der Waals surface area contributed by atoms with Crippen LogP contribution in [0.2, 0.25) is 0 Å². The highest BCUT2D eigenvalue weighted by Gasteiger charge is 2.38. The van der Waals surface area contributed by atoms with E-state index in [-0.39, 0.29) is 30.1 Å². The van der Waals surface area contributed by atoms with Gasteiger partial charge in [0.15, 0.2) is 0 Å². The summed E-state index contributed by atoms with van der Waals surface area (Å²) in [5, 5.41) is 8.83. The third kappa shape index (κ3) is 5.32. The number of rotatable bonds is 8. The van der Waals surface area contributed by atoms with E-state index in [1.165, 1.54) is 13.2 Å². The number of aryl methyl sites for hydroxylation is 1. The number of amides is 2. The summed E-state index contributed by atoms with van der Waals surface area (Å²) in [4.78, 5) is 28.8. The summed E-state index contributed by atoms with van der Waals surface area (Å²) in [7, 11) is 1.53. The van der Waals surface area contributed by atoms with Gasteiger partial charge in [0.2, 0.25) is 11.8 Å². The van der Waals surface area contributed by atoms with Crippen LogP contribution in [0.25, 0.3) is 0 Å². The lowest BCUT2D eigenvalue weighted by Crippen LogP contribution is -2.45. The molecule has 3 rings (SSSR count). The summed E-state index contributed by atoms with van der Waals surface area (Å²) in [6, 6.07) is 4.39. The van der Waals surface area contributed by atoms with Gasteiger partial charge in [-0.15, -0.1) is 11.3 Å². The second-order valence-corrected chi connectivity index (χ2v) is 8.61. The molecule has 0 aliphatic carbocycles. The van der Waals surface area contributed by atoms with E-state index in [4.69, 9.17) is 4.74 Å². The van der Waals surface area contributed by atoms with Gasteiger partial charge in [0.25, 0.3) is 0 Å². The van der Waals surface area contributed by atoms with Gasteiger partial charge in [0.1, 0.15) is 11.6 Å². The van der Waals surface area contributed by atoms with Crippen molar-refractivity contribution in [3.63, 3.8) is 0 Å². The fraction of sp³-hybridized carbons (Fsp3) is 0.476. The molecule has 1 saturated heterocycles. The maximum absolute atomic E-state index is 14.3. The van der Waals surface area contributed by atoms with E-state index in [2.05, 4.69) is 15.6 Å². The molecule has 2 heterocycles. The lowest BCUT2D eigenvalue weighted by molar-refractivity contribution is -0.123. The first-order valence-corrected chi connectivity index (χ1v) is 10.5. The normalized spacial score (nSPS) is 19.7. The maximum atomic E-state index is 14.3. The summed E-state index contributed by atoms with van der Waals surface area (Å²) >= 11 is 1.54. The van der Waals surface area contributed by atoms with Gasteiger partial charge >= 0.3 is 0 Å². The largest absolute Gasteiger partial charge is 0.497 e. The van der Waals surface area contributed by atoms with Crippen molar-refractivity contribution in [3.05, 3.63) is 45.7 Å². The van der Waals surface area contributed by atoms with Crippen molar-refractivity contribution in [3.8, 4) is 5.75 Å². The number of ether oxygens (including phenoxy) is 1. The minimum Gasteiger partial charge on any atom is -0.497 e. The van der Waals surface area contributed by atoms with Gasteiger partial charge in [0.05, 0.1) is 23.9 Å². The standard InChI is InChI=1S/C21H26FN3O3S/c1-13(18-12-29-14(2)24-18)23-19(26)6-8-21(9-7-20(27)25-21)11-15-10-16(28-3)4-5-17(15)22/h4-5,10,12-13H,6-9,11H2,1-3H3,(H,23,26)(H,25,27)/t13-,21-/m0/s1. The Kier molecular flexibility index (Phi) is 6.52. The topological polar surface area (TPSA) is 80.3 Å². The molecule has 1 aliphatic heterocycles. The van der Waals surface area contributed by atoms with Gasteiger partial charge in [-0.3, -0.25) is 9.59 Å². The number of carbonyl (C=O) groups excluding carboxylic acids is 2. The Labute approximate surface area is 173 Å². The molecular weight excluding hydrogens is 393 g/mol. The lowest BCUT2D eigenvalue weighted by atomic mass is 9.84. The number of nitrogens with one attached hydrogen (secondary N) is 2. The summed E-state index contributed by atoms with van der Waals surface area (Å²) in [6.07, 6.45) is 1.93. The average molecular weight is 420 g/mol. The van der Waals surface area contributed by atoms with Crippen molar-refractivity contribution in [2.45, 2.75) is 57.5 Å². The monoisotopic (exact) mass is 419 g/mol. The first-order valence-electron chi connectivity index (χ1n) is 9.65. The minimum absolute atomic E-state index is 0.0694. The van der Waals surface area contributed by atoms with Crippen molar-refractivity contribution < 1.29 is 18.7 Å². The van der Waals surface area contributed by atoms with Crippen LogP contribution < -0.4 is 15.4 Å². The van der Waals surface area contributed by atoms with Crippen LogP contribution in [0.3, 0.4) is 0 Å². The Balaban J connectivity index is 1.66. The molecule has 1 aromatic heterocycles. The number of halogens is 1. The van der Waals surface area contributed by atoms with E-state index in [9.17, 15) is 14.0 Å². The summed E-state index contributed by atoms with van der Waals surface area (Å²) in [6.45, 7) is 3.82. The summed E-state index contributed by atoms with van der Waals surface area (Å²) in [5.41, 5.74) is 0.670. The molecule has 1 aromatic carbocycles. The number of methoxy groups -OCH3 is 1. The van der Waals surface area contributed by atoms with Crippen LogP contribution in [-0.4, -0.2) is 29.4 Å². The number of hydrogen-bond acceptors (Lipinski definition) is 5. The van der Waals surface area contributed by atoms with Crippen molar-refractivity contribution in [2.75, 3.05) is 7.11 Å². The van der Waals surface area contributed by atoms with E-state index in [1.807, 2.05) is 19.2 Å². The maximum Gasteiger partial charge on any atom is 0.220 e. The highest BCUT2D eigenvalue weighted by molar-refractivity contribution is 7.09. The Morgan fingerprint density at radius 3 is 2.90 bits per heavy atom. The van der Waals surface area contributed by atoms with Gasteiger partial charge in [-0.25, -0.2) is 9.37 Å². The zero-order chi connectivity index (χ0) is 21.0. The van der Waals surface area contributed by atoms with Crippen LogP contribution in [-0.2, 0) is 16.0 Å². The Hall–Kier alpha value is -2.48. The van der Waals surface area contributed by atoms with Gasteiger partial charge < -0.3 is 15.4 Å². The fourth-order valence-electron chi connectivity index (χ4n) is 3.68. The molecule has 2 amide bonds. The number of carbonyl (C=O) groups is 2. The van der Waals surface area contributed by atoms with Crippen LogP contribution in [0, 0.1) is 12.7 Å². The van der Waals surface area contributed by atoms with Gasteiger partial charge in [-0.1, -0.05) is 0 Å². The van der Waals surface area contributed by atoms with Crippen LogP contribution in [0.1, 0.15) is 54.9 Å². The fourth-order valence-corrected chi connectivity index (χ4v) is 4.39. The number of aromatic nitrogens is 1. The van der Waals surface area contributed by atoms with Crippen molar-refractivity contribution in [2.24, 2.45) is 0 Å². The SMILES string of the molecule is COc1ccc(F)c(C[C@]2(CCC(=O)N[C@@H](C)c3csc(C)n3)CCC(=O)N2)c1. The van der Waals surface area contributed by atoms with Crippen molar-refractivity contribution >= 4 is 23.2 Å². The molecule has 0 radical (unpaired) electrons. The number of benzene rings is 1. The van der Waals surface area contributed by atoms with Gasteiger partial charge in [-0.05, 0) is 56.9 Å². The highest BCUT2D eigenvalue weighted by Crippen LogP contribution is 2.31. The average Bonchev–Trinajstić information content (AvgIpc) is 3.28. The molecule has 0 saturated carbocycles. The molecule has 29 heavy (non-hydrogen) atoms. The molecule has 1 fully saturated rings. The molecule has 0 unspecified atom stereocenters. The molecule has 8 heteroatoms. The first kappa shape index (κ1) is 21.2. The van der Waals surface area contributed by atoms with Crippen molar-refractivity contribution in [1.29, 1.82) is 0 Å². The van der Waals surface area contributed by atoms with E-state index >= 15 is 0 Å². The van der Waals surface area contributed by atoms with Crippen LogP contribution in [0.4, 0.5) is 4.39 Å². The third-order valence-electron chi connectivity index (χ3n) is 5.31. The molecule has 0 spiro atoms. The molecule has 1 aliphatic rings.